The molecule has 0 radical (unpaired) electrons. The molecule has 5 nitrogen and oxygen atoms in total. The van der Waals surface area contributed by atoms with Crippen LogP contribution >= 0.6 is 0 Å². The van der Waals surface area contributed by atoms with Gasteiger partial charge in [0.25, 0.3) is 0 Å². The second-order valence-corrected chi connectivity index (χ2v) is 8.64. The molecular weight excluding hydrogens is 340 g/mol. The zero-order valence-corrected chi connectivity index (χ0v) is 16.7. The summed E-state index contributed by atoms with van der Waals surface area (Å²) in [7, 11) is 5.62. The number of likely N-dealkylation sites (N-methyl/N-ethyl adjacent to an activating group) is 1. The molecule has 4 aliphatic rings. The maximum absolute atomic E-state index is 11.6. The van der Waals surface area contributed by atoms with Gasteiger partial charge in [0.1, 0.15) is 11.9 Å². The Kier molecular flexibility index (Phi) is 3.72. The molecule has 0 bridgehead atoms. The van der Waals surface area contributed by atoms with E-state index in [-0.39, 0.29) is 23.0 Å². The number of benzene rings is 1. The molecule has 1 saturated carbocycles. The molecule has 1 aromatic rings. The molecule has 1 spiro atoms. The molecule has 1 saturated heterocycles. The molecule has 146 valence electrons. The van der Waals surface area contributed by atoms with Crippen molar-refractivity contribution < 1.29 is 14.6 Å². The zero-order valence-electron chi connectivity index (χ0n) is 16.7. The lowest BCUT2D eigenvalue weighted by molar-refractivity contribution is -0.151. The highest BCUT2D eigenvalue weighted by molar-refractivity contribution is 5.69. The van der Waals surface area contributed by atoms with E-state index in [1.165, 1.54) is 11.3 Å². The van der Waals surface area contributed by atoms with Gasteiger partial charge in [-0.15, -0.1) is 0 Å². The summed E-state index contributed by atoms with van der Waals surface area (Å²) in [6.45, 7) is 4.25. The molecule has 5 rings (SSSR count). The van der Waals surface area contributed by atoms with E-state index in [9.17, 15) is 5.11 Å². The van der Waals surface area contributed by atoms with Gasteiger partial charge in [-0.1, -0.05) is 25.1 Å². The number of hydrogen-bond donors (Lipinski definition) is 1. The lowest BCUT2D eigenvalue weighted by atomic mass is 9.51. The van der Waals surface area contributed by atoms with Crippen molar-refractivity contribution in [2.75, 3.05) is 39.3 Å². The Morgan fingerprint density at radius 1 is 1.30 bits per heavy atom. The van der Waals surface area contributed by atoms with Crippen molar-refractivity contribution in [3.8, 4) is 5.75 Å². The van der Waals surface area contributed by atoms with Crippen molar-refractivity contribution in [1.29, 1.82) is 0 Å². The maximum atomic E-state index is 11.6. The average Bonchev–Trinajstić information content (AvgIpc) is 3.21. The molecule has 1 N–H and O–H groups in total. The van der Waals surface area contributed by atoms with Gasteiger partial charge >= 0.3 is 0 Å². The molecule has 6 atom stereocenters. The molecule has 0 aromatic heterocycles. The van der Waals surface area contributed by atoms with Crippen LogP contribution in [0.1, 0.15) is 25.3 Å². The monoisotopic (exact) mass is 370 g/mol. The van der Waals surface area contributed by atoms with Crippen LogP contribution in [-0.2, 0) is 10.2 Å². The van der Waals surface area contributed by atoms with Crippen LogP contribution < -0.4 is 9.64 Å². The number of fused-ring (bicyclic) bond motifs is 1. The summed E-state index contributed by atoms with van der Waals surface area (Å²) in [6.07, 6.45) is 5.81. The Morgan fingerprint density at radius 3 is 2.81 bits per heavy atom. The maximum Gasteiger partial charge on any atom is 0.120 e. The molecule has 3 aliphatic heterocycles. The molecule has 2 fully saturated rings. The summed E-state index contributed by atoms with van der Waals surface area (Å²) >= 11 is 0. The first-order valence-electron chi connectivity index (χ1n) is 10.1. The van der Waals surface area contributed by atoms with Crippen molar-refractivity contribution in [2.45, 2.75) is 49.5 Å². The number of nitrogens with zero attached hydrogens (tertiary/aromatic N) is 2. The average molecular weight is 370 g/mol. The first kappa shape index (κ1) is 17.5. The third-order valence-corrected chi connectivity index (χ3v) is 8.03. The Morgan fingerprint density at radius 2 is 2.11 bits per heavy atom. The van der Waals surface area contributed by atoms with Gasteiger partial charge in [0.2, 0.25) is 0 Å². The number of hydrogen-bond acceptors (Lipinski definition) is 5. The number of anilines is 1. The molecule has 27 heavy (non-hydrogen) atoms. The summed E-state index contributed by atoms with van der Waals surface area (Å²) in [4.78, 5) is 4.94. The second kappa shape index (κ2) is 5.72. The van der Waals surface area contributed by atoms with E-state index >= 15 is 0 Å². The standard InChI is InChI=1S/C22H30N2O3/c1-5-21-9-6-11-24-12-10-22(20(21)24)15-8-7-14(26-3)13-16(15)23(2)18(22)17(27-4)19(21)25/h6-9,13,17-20,25H,5,10-12H2,1-4H3/t17?,18?,19?,20?,21-,22?/m0/s1. The highest BCUT2D eigenvalue weighted by Gasteiger charge is 2.72. The molecule has 1 aliphatic carbocycles. The molecule has 5 heteroatoms. The lowest BCUT2D eigenvalue weighted by Gasteiger charge is -2.60. The van der Waals surface area contributed by atoms with Crippen molar-refractivity contribution in [2.24, 2.45) is 5.41 Å². The normalized spacial score (nSPS) is 42.0. The largest absolute Gasteiger partial charge is 0.497 e. The van der Waals surface area contributed by atoms with Gasteiger partial charge in [-0.05, 0) is 31.0 Å². The summed E-state index contributed by atoms with van der Waals surface area (Å²) in [6, 6.07) is 6.92. The van der Waals surface area contributed by atoms with Crippen LogP contribution in [0.2, 0.25) is 0 Å². The third-order valence-electron chi connectivity index (χ3n) is 8.03. The van der Waals surface area contributed by atoms with E-state index in [1.807, 2.05) is 0 Å². The summed E-state index contributed by atoms with van der Waals surface area (Å²) in [5, 5.41) is 11.6. The van der Waals surface area contributed by atoms with Crippen LogP contribution in [-0.4, -0.2) is 68.7 Å². The topological polar surface area (TPSA) is 45.2 Å². The first-order chi connectivity index (χ1) is 13.0. The minimum absolute atomic E-state index is 0.0307. The zero-order chi connectivity index (χ0) is 19.0. The SMILES string of the molecule is CC[C@]12C=CCN3CCC4(c5ccc(OC)cc5N(C)C4C(OC)C1O)C32. The molecule has 3 heterocycles. The molecule has 0 amide bonds. The van der Waals surface area contributed by atoms with E-state index in [4.69, 9.17) is 9.47 Å². The predicted molar refractivity (Wildman–Crippen MR) is 106 cm³/mol. The number of aliphatic hydroxyl groups excluding tert-OH is 1. The van der Waals surface area contributed by atoms with Gasteiger partial charge in [-0.3, -0.25) is 4.90 Å². The third kappa shape index (κ3) is 1.86. The van der Waals surface area contributed by atoms with Crippen LogP contribution in [0.25, 0.3) is 0 Å². The van der Waals surface area contributed by atoms with Crippen LogP contribution in [0.15, 0.2) is 30.4 Å². The van der Waals surface area contributed by atoms with Crippen LogP contribution in [0.5, 0.6) is 5.75 Å². The lowest BCUT2D eigenvalue weighted by Crippen LogP contribution is -2.73. The van der Waals surface area contributed by atoms with Gasteiger partial charge in [0.05, 0.1) is 19.3 Å². The van der Waals surface area contributed by atoms with Crippen molar-refractivity contribution in [3.05, 3.63) is 35.9 Å². The number of rotatable bonds is 3. The van der Waals surface area contributed by atoms with Crippen LogP contribution in [0.3, 0.4) is 0 Å². The van der Waals surface area contributed by atoms with E-state index in [0.717, 1.165) is 31.7 Å². The van der Waals surface area contributed by atoms with E-state index in [0.29, 0.717) is 6.04 Å². The van der Waals surface area contributed by atoms with Crippen molar-refractivity contribution >= 4 is 5.69 Å². The smallest absolute Gasteiger partial charge is 0.120 e. The number of methoxy groups -OCH3 is 2. The van der Waals surface area contributed by atoms with Gasteiger partial charge in [-0.2, -0.15) is 0 Å². The molecule has 1 aromatic carbocycles. The Bertz CT molecular complexity index is 796. The number of aliphatic hydroxyl groups is 1. The second-order valence-electron chi connectivity index (χ2n) is 8.64. The quantitative estimate of drug-likeness (QED) is 0.827. The number of ether oxygens (including phenoxy) is 2. The van der Waals surface area contributed by atoms with Crippen LogP contribution in [0.4, 0.5) is 5.69 Å². The van der Waals surface area contributed by atoms with Gasteiger partial charge in [0.15, 0.2) is 0 Å². The highest BCUT2D eigenvalue weighted by atomic mass is 16.5. The fraction of sp³-hybridized carbons (Fsp3) is 0.636. The fourth-order valence-electron chi connectivity index (χ4n) is 7.04. The summed E-state index contributed by atoms with van der Waals surface area (Å²) in [5.74, 6) is 0.880. The van der Waals surface area contributed by atoms with E-state index in [2.05, 4.69) is 54.1 Å². The Hall–Kier alpha value is -1.56. The predicted octanol–water partition coefficient (Wildman–Crippen LogP) is 2.18. The minimum Gasteiger partial charge on any atom is -0.497 e. The van der Waals surface area contributed by atoms with Crippen molar-refractivity contribution in [3.63, 3.8) is 0 Å². The molecule has 5 unspecified atom stereocenters. The first-order valence-corrected chi connectivity index (χ1v) is 10.1. The minimum atomic E-state index is -0.522. The summed E-state index contributed by atoms with van der Waals surface area (Å²) in [5.41, 5.74) is 2.31. The van der Waals surface area contributed by atoms with E-state index in [1.54, 1.807) is 14.2 Å². The molecular formula is C22H30N2O3. The Balaban J connectivity index is 1.79. The fourth-order valence-corrected chi connectivity index (χ4v) is 7.04. The van der Waals surface area contributed by atoms with Crippen LogP contribution in [0, 0.1) is 5.41 Å². The van der Waals surface area contributed by atoms with Gasteiger partial charge < -0.3 is 19.5 Å². The highest BCUT2D eigenvalue weighted by Crippen LogP contribution is 2.64. The van der Waals surface area contributed by atoms with Gasteiger partial charge in [-0.25, -0.2) is 0 Å². The van der Waals surface area contributed by atoms with Gasteiger partial charge in [0, 0.05) is 49.3 Å². The van der Waals surface area contributed by atoms with Crippen molar-refractivity contribution in [1.82, 2.24) is 4.90 Å². The van der Waals surface area contributed by atoms with E-state index < -0.39 is 6.10 Å². The summed E-state index contributed by atoms with van der Waals surface area (Å²) < 4.78 is 11.5. The Labute approximate surface area is 161 Å².